The summed E-state index contributed by atoms with van der Waals surface area (Å²) in [7, 11) is 1.87. The summed E-state index contributed by atoms with van der Waals surface area (Å²) in [6.45, 7) is 3.09. The quantitative estimate of drug-likeness (QED) is 0.938. The maximum atomic E-state index is 12.6. The molecule has 1 amide bonds. The summed E-state index contributed by atoms with van der Waals surface area (Å²) in [6.07, 6.45) is 6.71. The third kappa shape index (κ3) is 2.63. The Morgan fingerprint density at radius 2 is 2.00 bits per heavy atom. The molecule has 0 bridgehead atoms. The Labute approximate surface area is 142 Å². The van der Waals surface area contributed by atoms with E-state index in [-0.39, 0.29) is 17.4 Å². The molecule has 1 atom stereocenters. The highest BCUT2D eigenvalue weighted by Gasteiger charge is 2.44. The first kappa shape index (κ1) is 15.4. The van der Waals surface area contributed by atoms with E-state index in [4.69, 9.17) is 0 Å². The van der Waals surface area contributed by atoms with Gasteiger partial charge in [-0.25, -0.2) is 0 Å². The van der Waals surface area contributed by atoms with Crippen molar-refractivity contribution in [3.63, 3.8) is 0 Å². The summed E-state index contributed by atoms with van der Waals surface area (Å²) >= 11 is 0. The Morgan fingerprint density at radius 1 is 1.25 bits per heavy atom. The van der Waals surface area contributed by atoms with E-state index >= 15 is 0 Å². The lowest BCUT2D eigenvalue weighted by molar-refractivity contribution is -0.119. The highest BCUT2D eigenvalue weighted by Crippen LogP contribution is 2.43. The zero-order valence-electron chi connectivity index (χ0n) is 14.3. The molecule has 24 heavy (non-hydrogen) atoms. The Morgan fingerprint density at radius 3 is 2.67 bits per heavy atom. The van der Waals surface area contributed by atoms with E-state index in [2.05, 4.69) is 47.7 Å². The van der Waals surface area contributed by atoms with Crippen molar-refractivity contribution in [1.29, 1.82) is 0 Å². The zero-order chi connectivity index (χ0) is 16.7. The summed E-state index contributed by atoms with van der Waals surface area (Å²) in [4.78, 5) is 14.5. The molecule has 5 nitrogen and oxygen atoms in total. The standard InChI is InChI=1S/C19H24N4O/c1-19(14-6-4-3-5-7-14)10-15(11-19)21-17-8-9-23(18(17)24)16-12-20-22(2)13-16/h3-7,12-13,15,17,21H,8-11H2,1-2H3. The van der Waals surface area contributed by atoms with Crippen molar-refractivity contribution in [2.24, 2.45) is 7.05 Å². The van der Waals surface area contributed by atoms with Crippen LogP contribution in [0.5, 0.6) is 0 Å². The fourth-order valence-electron chi connectivity index (χ4n) is 4.15. The van der Waals surface area contributed by atoms with Gasteiger partial charge in [0.15, 0.2) is 0 Å². The molecule has 1 aliphatic carbocycles. The van der Waals surface area contributed by atoms with Gasteiger partial charge in [0, 0.05) is 25.8 Å². The first-order valence-electron chi connectivity index (χ1n) is 8.67. The molecule has 1 aromatic heterocycles. The van der Waals surface area contributed by atoms with Gasteiger partial charge in [0.05, 0.1) is 17.9 Å². The molecule has 126 valence electrons. The minimum Gasteiger partial charge on any atom is -0.308 e. The maximum Gasteiger partial charge on any atom is 0.244 e. The predicted octanol–water partition coefficient (Wildman–Crippen LogP) is 2.24. The van der Waals surface area contributed by atoms with Gasteiger partial charge < -0.3 is 10.2 Å². The highest BCUT2D eigenvalue weighted by atomic mass is 16.2. The van der Waals surface area contributed by atoms with Gasteiger partial charge in [-0.1, -0.05) is 37.3 Å². The van der Waals surface area contributed by atoms with Crippen LogP contribution in [0, 0.1) is 0 Å². The number of benzene rings is 1. The van der Waals surface area contributed by atoms with E-state index < -0.39 is 0 Å². The average molecular weight is 324 g/mol. The first-order valence-corrected chi connectivity index (χ1v) is 8.67. The molecule has 4 rings (SSSR count). The van der Waals surface area contributed by atoms with E-state index in [0.29, 0.717) is 6.04 Å². The molecule has 5 heteroatoms. The second-order valence-corrected chi connectivity index (χ2v) is 7.40. The molecule has 1 N–H and O–H groups in total. The number of anilines is 1. The summed E-state index contributed by atoms with van der Waals surface area (Å²) in [6, 6.07) is 11.1. The van der Waals surface area contributed by atoms with Crippen molar-refractivity contribution in [2.75, 3.05) is 11.4 Å². The van der Waals surface area contributed by atoms with Crippen molar-refractivity contribution in [2.45, 2.75) is 43.7 Å². The third-order valence-corrected chi connectivity index (χ3v) is 5.51. The molecule has 1 saturated heterocycles. The van der Waals surface area contributed by atoms with Crippen molar-refractivity contribution < 1.29 is 4.79 Å². The lowest BCUT2D eigenvalue weighted by Crippen LogP contribution is -2.54. The van der Waals surface area contributed by atoms with Crippen LogP contribution in [0.1, 0.15) is 31.7 Å². The van der Waals surface area contributed by atoms with Gasteiger partial charge in [-0.2, -0.15) is 5.10 Å². The Bertz CT molecular complexity index is 733. The monoisotopic (exact) mass is 324 g/mol. The topological polar surface area (TPSA) is 50.2 Å². The zero-order valence-corrected chi connectivity index (χ0v) is 14.3. The molecule has 0 radical (unpaired) electrons. The number of aryl methyl sites for hydroxylation is 1. The Kier molecular flexibility index (Phi) is 3.68. The number of carbonyl (C=O) groups excluding carboxylic acids is 1. The van der Waals surface area contributed by atoms with Crippen LogP contribution in [0.2, 0.25) is 0 Å². The molecule has 1 unspecified atom stereocenters. The second-order valence-electron chi connectivity index (χ2n) is 7.40. The highest BCUT2D eigenvalue weighted by molar-refractivity contribution is 5.99. The van der Waals surface area contributed by atoms with E-state index in [1.807, 2.05) is 18.1 Å². The number of nitrogens with one attached hydrogen (secondary N) is 1. The van der Waals surface area contributed by atoms with Gasteiger partial charge in [0.1, 0.15) is 0 Å². The normalized spacial score (nSPS) is 29.8. The molecule has 2 fully saturated rings. The van der Waals surface area contributed by atoms with E-state index in [9.17, 15) is 4.79 Å². The van der Waals surface area contributed by atoms with Crippen LogP contribution in [-0.2, 0) is 17.3 Å². The van der Waals surface area contributed by atoms with Crippen molar-refractivity contribution in [3.8, 4) is 0 Å². The number of nitrogens with zero attached hydrogens (tertiary/aromatic N) is 3. The number of amides is 1. The third-order valence-electron chi connectivity index (χ3n) is 5.51. The summed E-state index contributed by atoms with van der Waals surface area (Å²) in [5.41, 5.74) is 2.54. The van der Waals surface area contributed by atoms with Gasteiger partial charge in [-0.3, -0.25) is 9.48 Å². The van der Waals surface area contributed by atoms with Crippen LogP contribution in [0.25, 0.3) is 0 Å². The maximum absolute atomic E-state index is 12.6. The molecular formula is C19H24N4O. The molecule has 2 aliphatic rings. The number of carbonyl (C=O) groups is 1. The van der Waals surface area contributed by atoms with Gasteiger partial charge >= 0.3 is 0 Å². The van der Waals surface area contributed by atoms with Crippen LogP contribution >= 0.6 is 0 Å². The molecule has 1 saturated carbocycles. The van der Waals surface area contributed by atoms with Gasteiger partial charge in [-0.05, 0) is 30.2 Å². The lowest BCUT2D eigenvalue weighted by atomic mass is 9.63. The van der Waals surface area contributed by atoms with E-state index in [1.165, 1.54) is 5.56 Å². The van der Waals surface area contributed by atoms with Crippen LogP contribution in [0.3, 0.4) is 0 Å². The van der Waals surface area contributed by atoms with Crippen LogP contribution < -0.4 is 10.2 Å². The SMILES string of the molecule is Cn1cc(N2CCC(NC3CC(C)(c4ccccc4)C3)C2=O)cn1. The van der Waals surface area contributed by atoms with Crippen molar-refractivity contribution in [1.82, 2.24) is 15.1 Å². The predicted molar refractivity (Wildman–Crippen MR) is 93.9 cm³/mol. The van der Waals surface area contributed by atoms with Crippen molar-refractivity contribution in [3.05, 3.63) is 48.3 Å². The largest absolute Gasteiger partial charge is 0.308 e. The Hall–Kier alpha value is -2.14. The number of hydrogen-bond acceptors (Lipinski definition) is 3. The van der Waals surface area contributed by atoms with E-state index in [1.54, 1.807) is 10.9 Å². The van der Waals surface area contributed by atoms with Crippen LogP contribution in [0.15, 0.2) is 42.7 Å². The first-order chi connectivity index (χ1) is 11.5. The van der Waals surface area contributed by atoms with Crippen LogP contribution in [0.4, 0.5) is 5.69 Å². The fourth-order valence-corrected chi connectivity index (χ4v) is 4.15. The number of rotatable bonds is 4. The molecule has 1 aliphatic heterocycles. The average Bonchev–Trinajstić information content (AvgIpc) is 3.13. The lowest BCUT2D eigenvalue weighted by Gasteiger charge is -2.47. The molecule has 2 aromatic rings. The molecule has 1 aromatic carbocycles. The second kappa shape index (κ2) is 5.74. The summed E-state index contributed by atoms with van der Waals surface area (Å²) in [5.74, 6) is 0.177. The molecule has 0 spiro atoms. The van der Waals surface area contributed by atoms with Gasteiger partial charge in [-0.15, -0.1) is 0 Å². The number of aromatic nitrogens is 2. The van der Waals surface area contributed by atoms with Gasteiger partial charge in [0.2, 0.25) is 5.91 Å². The Balaban J connectivity index is 1.36. The fraction of sp³-hybridized carbons (Fsp3) is 0.474. The minimum atomic E-state index is -0.0597. The molecule has 2 heterocycles. The van der Waals surface area contributed by atoms with Gasteiger partial charge in [0.25, 0.3) is 0 Å². The molecular weight excluding hydrogens is 300 g/mol. The van der Waals surface area contributed by atoms with Crippen LogP contribution in [-0.4, -0.2) is 34.3 Å². The minimum absolute atomic E-state index is 0.0597. The summed E-state index contributed by atoms with van der Waals surface area (Å²) < 4.78 is 1.74. The number of hydrogen-bond donors (Lipinski definition) is 1. The van der Waals surface area contributed by atoms with Crippen molar-refractivity contribution >= 4 is 11.6 Å². The summed E-state index contributed by atoms with van der Waals surface area (Å²) in [5, 5.41) is 7.74. The smallest absolute Gasteiger partial charge is 0.244 e. The van der Waals surface area contributed by atoms with E-state index in [0.717, 1.165) is 31.5 Å².